The van der Waals surface area contributed by atoms with Gasteiger partial charge in [-0.3, -0.25) is 4.79 Å². The first-order chi connectivity index (χ1) is 9.84. The van der Waals surface area contributed by atoms with Gasteiger partial charge in [-0.15, -0.1) is 0 Å². The molecule has 0 aliphatic heterocycles. The number of sulfonamides is 1. The minimum atomic E-state index is -3.83. The number of hydrogen-bond donors (Lipinski definition) is 2. The molecule has 7 heteroatoms. The molecule has 1 aliphatic carbocycles. The fourth-order valence-electron chi connectivity index (χ4n) is 2.90. The zero-order chi connectivity index (χ0) is 15.6. The Morgan fingerprint density at radius 3 is 2.48 bits per heavy atom. The highest BCUT2D eigenvalue weighted by Crippen LogP contribution is 2.32. The predicted octanol–water partition coefficient (Wildman–Crippen LogP) is 0.996. The Bertz CT molecular complexity index is 617. The summed E-state index contributed by atoms with van der Waals surface area (Å²) in [5.41, 5.74) is 11.9. The number of benzene rings is 1. The summed E-state index contributed by atoms with van der Waals surface area (Å²) in [6.07, 6.45) is 3.41. The second kappa shape index (κ2) is 6.03. The number of carbonyl (C=O) groups excluding carboxylic acids is 1. The van der Waals surface area contributed by atoms with Crippen molar-refractivity contribution >= 4 is 21.6 Å². The van der Waals surface area contributed by atoms with E-state index >= 15 is 0 Å². The zero-order valence-corrected chi connectivity index (χ0v) is 12.9. The van der Waals surface area contributed by atoms with Gasteiger partial charge in [0.25, 0.3) is 0 Å². The number of nitrogens with two attached hydrogens (primary N) is 2. The fraction of sp³-hybridized carbons (Fsp3) is 0.500. The van der Waals surface area contributed by atoms with E-state index in [1.807, 2.05) is 0 Å². The molecule has 1 aromatic carbocycles. The molecule has 0 atom stereocenters. The summed E-state index contributed by atoms with van der Waals surface area (Å²) in [6.45, 7) is 1.39. The van der Waals surface area contributed by atoms with Crippen molar-refractivity contribution in [2.24, 2.45) is 5.73 Å². The lowest BCUT2D eigenvalue weighted by Gasteiger charge is -2.28. The van der Waals surface area contributed by atoms with Gasteiger partial charge in [0, 0.05) is 6.04 Å². The molecule has 0 spiro atoms. The van der Waals surface area contributed by atoms with Crippen molar-refractivity contribution in [3.05, 3.63) is 23.8 Å². The maximum atomic E-state index is 12.9. The first-order valence-electron chi connectivity index (χ1n) is 6.99. The number of amides is 1. The van der Waals surface area contributed by atoms with Crippen molar-refractivity contribution in [1.82, 2.24) is 4.31 Å². The summed E-state index contributed by atoms with van der Waals surface area (Å²) in [6, 6.07) is 4.77. The number of hydrogen-bond acceptors (Lipinski definition) is 4. The van der Waals surface area contributed by atoms with Crippen LogP contribution in [-0.4, -0.2) is 31.2 Å². The van der Waals surface area contributed by atoms with Gasteiger partial charge in [-0.1, -0.05) is 25.0 Å². The van der Waals surface area contributed by atoms with Gasteiger partial charge in [-0.05, 0) is 31.4 Å². The molecular formula is C14H21N3O3S. The minimum Gasteiger partial charge on any atom is -0.398 e. The third-order valence-corrected chi connectivity index (χ3v) is 5.97. The van der Waals surface area contributed by atoms with Gasteiger partial charge in [-0.2, -0.15) is 4.31 Å². The second-order valence-electron chi connectivity index (χ2n) is 5.45. The molecule has 4 N–H and O–H groups in total. The van der Waals surface area contributed by atoms with Gasteiger partial charge >= 0.3 is 0 Å². The highest BCUT2D eigenvalue weighted by atomic mass is 32.2. The molecule has 1 saturated carbocycles. The lowest BCUT2D eigenvalue weighted by molar-refractivity contribution is -0.118. The topological polar surface area (TPSA) is 106 Å². The number of nitrogens with zero attached hydrogens (tertiary/aromatic N) is 1. The normalized spacial score (nSPS) is 16.5. The minimum absolute atomic E-state index is 0.0816. The molecule has 2 rings (SSSR count). The van der Waals surface area contributed by atoms with Crippen molar-refractivity contribution < 1.29 is 13.2 Å². The van der Waals surface area contributed by atoms with Gasteiger partial charge in [0.15, 0.2) is 0 Å². The number of primary amides is 1. The highest BCUT2D eigenvalue weighted by Gasteiger charge is 2.36. The molecular weight excluding hydrogens is 290 g/mol. The number of rotatable bonds is 5. The quantitative estimate of drug-likeness (QED) is 0.791. The summed E-state index contributed by atoms with van der Waals surface area (Å²) in [7, 11) is -3.83. The standard InChI is InChI=1S/C14H21N3O3S/c1-10-5-4-8-12(15)14(10)21(19,20)17(9-13(16)18)11-6-2-3-7-11/h4-5,8,11H,2-3,6-7,9,15H2,1H3,(H2,16,18). The van der Waals surface area contributed by atoms with E-state index < -0.39 is 15.9 Å². The largest absolute Gasteiger partial charge is 0.398 e. The van der Waals surface area contributed by atoms with Crippen LogP contribution < -0.4 is 11.5 Å². The molecule has 0 unspecified atom stereocenters. The maximum absolute atomic E-state index is 12.9. The highest BCUT2D eigenvalue weighted by molar-refractivity contribution is 7.89. The zero-order valence-electron chi connectivity index (χ0n) is 12.1. The summed E-state index contributed by atoms with van der Waals surface area (Å²) in [5, 5.41) is 0. The van der Waals surface area contributed by atoms with E-state index in [9.17, 15) is 13.2 Å². The van der Waals surface area contributed by atoms with E-state index in [2.05, 4.69) is 0 Å². The first-order valence-corrected chi connectivity index (χ1v) is 8.43. The fourth-order valence-corrected chi connectivity index (χ4v) is 4.88. The van der Waals surface area contributed by atoms with E-state index in [-0.39, 0.29) is 23.2 Å². The Labute approximate surface area is 125 Å². The van der Waals surface area contributed by atoms with Crippen molar-refractivity contribution in [3.8, 4) is 0 Å². The lowest BCUT2D eigenvalue weighted by Crippen LogP contribution is -2.44. The molecule has 0 bridgehead atoms. The van der Waals surface area contributed by atoms with Crippen LogP contribution in [-0.2, 0) is 14.8 Å². The van der Waals surface area contributed by atoms with Crippen LogP contribution in [0.2, 0.25) is 0 Å². The lowest BCUT2D eigenvalue weighted by atomic mass is 10.2. The van der Waals surface area contributed by atoms with Crippen molar-refractivity contribution in [3.63, 3.8) is 0 Å². The van der Waals surface area contributed by atoms with E-state index in [0.29, 0.717) is 5.56 Å². The van der Waals surface area contributed by atoms with Crippen LogP contribution in [0.5, 0.6) is 0 Å². The Hall–Kier alpha value is -1.60. The summed E-state index contributed by atoms with van der Waals surface area (Å²) in [4.78, 5) is 11.4. The van der Waals surface area contributed by atoms with Crippen LogP contribution in [0.1, 0.15) is 31.2 Å². The van der Waals surface area contributed by atoms with Crippen LogP contribution >= 0.6 is 0 Å². The van der Waals surface area contributed by atoms with Gasteiger partial charge in [-0.25, -0.2) is 8.42 Å². The number of carbonyl (C=O) groups is 1. The molecule has 0 saturated heterocycles. The molecule has 1 aromatic rings. The molecule has 21 heavy (non-hydrogen) atoms. The van der Waals surface area contributed by atoms with Crippen molar-refractivity contribution in [2.45, 2.75) is 43.5 Å². The molecule has 1 aliphatic rings. The Kier molecular flexibility index (Phi) is 4.53. The van der Waals surface area contributed by atoms with Gasteiger partial charge in [0.1, 0.15) is 4.90 Å². The molecule has 6 nitrogen and oxygen atoms in total. The van der Waals surface area contributed by atoms with Crippen LogP contribution in [0.3, 0.4) is 0 Å². The SMILES string of the molecule is Cc1cccc(N)c1S(=O)(=O)N(CC(N)=O)C1CCCC1. The smallest absolute Gasteiger partial charge is 0.246 e. The maximum Gasteiger partial charge on any atom is 0.246 e. The number of nitrogen functional groups attached to an aromatic ring is 1. The third kappa shape index (κ3) is 3.19. The van der Waals surface area contributed by atoms with Crippen LogP contribution in [0.25, 0.3) is 0 Å². The van der Waals surface area contributed by atoms with E-state index in [4.69, 9.17) is 11.5 Å². The van der Waals surface area contributed by atoms with Crippen LogP contribution in [0.15, 0.2) is 23.1 Å². The number of anilines is 1. The molecule has 0 heterocycles. The van der Waals surface area contributed by atoms with Crippen LogP contribution in [0, 0.1) is 6.92 Å². The Morgan fingerprint density at radius 2 is 1.95 bits per heavy atom. The average Bonchev–Trinajstić information content (AvgIpc) is 2.88. The molecule has 0 aromatic heterocycles. The predicted molar refractivity (Wildman–Crippen MR) is 80.9 cm³/mol. The third-order valence-electron chi connectivity index (χ3n) is 3.85. The summed E-state index contributed by atoms with van der Waals surface area (Å²) in [5.74, 6) is -0.655. The Balaban J connectivity index is 2.48. The molecule has 1 amide bonds. The van der Waals surface area contributed by atoms with E-state index in [1.165, 1.54) is 4.31 Å². The molecule has 1 fully saturated rings. The van der Waals surface area contributed by atoms with E-state index in [0.717, 1.165) is 25.7 Å². The van der Waals surface area contributed by atoms with Crippen LogP contribution in [0.4, 0.5) is 5.69 Å². The first kappa shape index (κ1) is 15.8. The average molecular weight is 311 g/mol. The van der Waals surface area contributed by atoms with Gasteiger partial charge < -0.3 is 11.5 Å². The summed E-state index contributed by atoms with van der Waals surface area (Å²) < 4.78 is 27.1. The van der Waals surface area contributed by atoms with E-state index in [1.54, 1.807) is 25.1 Å². The Morgan fingerprint density at radius 1 is 1.33 bits per heavy atom. The molecule has 0 radical (unpaired) electrons. The van der Waals surface area contributed by atoms with Gasteiger partial charge in [0.2, 0.25) is 15.9 Å². The second-order valence-corrected chi connectivity index (χ2v) is 7.28. The van der Waals surface area contributed by atoms with Crippen molar-refractivity contribution in [2.75, 3.05) is 12.3 Å². The van der Waals surface area contributed by atoms with Crippen molar-refractivity contribution in [1.29, 1.82) is 0 Å². The molecule has 116 valence electrons. The monoisotopic (exact) mass is 311 g/mol. The van der Waals surface area contributed by atoms with Gasteiger partial charge in [0.05, 0.1) is 12.2 Å². The number of aryl methyl sites for hydroxylation is 1. The summed E-state index contributed by atoms with van der Waals surface area (Å²) >= 11 is 0.